The van der Waals surface area contributed by atoms with Crippen LogP contribution in [0.5, 0.6) is 0 Å². The van der Waals surface area contributed by atoms with Gasteiger partial charge < -0.3 is 4.57 Å². The molecule has 0 aliphatic carbocycles. The summed E-state index contributed by atoms with van der Waals surface area (Å²) in [4.78, 5) is 8.96. The first-order valence-corrected chi connectivity index (χ1v) is 8.70. The van der Waals surface area contributed by atoms with Gasteiger partial charge in [0.2, 0.25) is 10.0 Å². The highest BCUT2D eigenvalue weighted by Crippen LogP contribution is 2.17. The third kappa shape index (κ3) is 2.97. The zero-order chi connectivity index (χ0) is 16.6. The molecule has 0 fully saturated rings. The van der Waals surface area contributed by atoms with E-state index in [9.17, 15) is 8.42 Å². The first-order valence-electron chi connectivity index (χ1n) is 7.22. The number of rotatable bonds is 4. The maximum atomic E-state index is 12.5. The van der Waals surface area contributed by atoms with Crippen LogP contribution in [0.2, 0.25) is 0 Å². The lowest BCUT2D eigenvalue weighted by Crippen LogP contribution is -2.25. The molecular formula is C16H18N4O2S. The zero-order valence-electron chi connectivity index (χ0n) is 13.2. The number of nitrogens with one attached hydrogen (secondary N) is 1. The molecule has 23 heavy (non-hydrogen) atoms. The molecule has 0 aliphatic rings. The van der Waals surface area contributed by atoms with Crippen molar-refractivity contribution in [3.05, 3.63) is 53.5 Å². The summed E-state index contributed by atoms with van der Waals surface area (Å²) in [5.74, 6) is 0.618. The highest BCUT2D eigenvalue weighted by Gasteiger charge is 2.18. The molecule has 1 N–H and O–H groups in total. The van der Waals surface area contributed by atoms with Crippen LogP contribution < -0.4 is 4.72 Å². The van der Waals surface area contributed by atoms with Gasteiger partial charge in [0.1, 0.15) is 11.3 Å². The van der Waals surface area contributed by atoms with E-state index < -0.39 is 10.0 Å². The Bertz CT molecular complexity index is 977. The van der Waals surface area contributed by atoms with Crippen LogP contribution in [-0.2, 0) is 23.6 Å². The lowest BCUT2D eigenvalue weighted by atomic mass is 10.2. The van der Waals surface area contributed by atoms with Crippen molar-refractivity contribution in [1.82, 2.24) is 19.3 Å². The van der Waals surface area contributed by atoms with Crippen LogP contribution >= 0.6 is 0 Å². The van der Waals surface area contributed by atoms with Crippen LogP contribution in [0.15, 0.2) is 41.4 Å². The van der Waals surface area contributed by atoms with Gasteiger partial charge in [0.05, 0.1) is 11.4 Å². The number of imidazole rings is 1. The molecule has 0 amide bonds. The van der Waals surface area contributed by atoms with Gasteiger partial charge >= 0.3 is 0 Å². The normalized spacial score (nSPS) is 12.0. The molecular weight excluding hydrogens is 312 g/mol. The third-order valence-electron chi connectivity index (χ3n) is 3.76. The van der Waals surface area contributed by atoms with Crippen molar-refractivity contribution in [2.75, 3.05) is 0 Å². The van der Waals surface area contributed by atoms with Gasteiger partial charge in [-0.25, -0.2) is 23.1 Å². The van der Waals surface area contributed by atoms with Crippen LogP contribution in [0.4, 0.5) is 0 Å². The van der Waals surface area contributed by atoms with Crippen molar-refractivity contribution < 1.29 is 8.42 Å². The van der Waals surface area contributed by atoms with E-state index in [4.69, 9.17) is 0 Å². The number of aromatic nitrogens is 3. The molecule has 6 nitrogen and oxygen atoms in total. The monoisotopic (exact) mass is 330 g/mol. The Kier molecular flexibility index (Phi) is 3.91. The first-order chi connectivity index (χ1) is 10.9. The van der Waals surface area contributed by atoms with Crippen molar-refractivity contribution >= 4 is 21.2 Å². The molecule has 2 aromatic heterocycles. The van der Waals surface area contributed by atoms with E-state index in [1.807, 2.05) is 26.1 Å². The number of hydrogen-bond acceptors (Lipinski definition) is 4. The fraction of sp³-hybridized carbons (Fsp3) is 0.250. The molecule has 120 valence electrons. The van der Waals surface area contributed by atoms with Gasteiger partial charge in [-0.1, -0.05) is 17.7 Å². The second-order valence-electron chi connectivity index (χ2n) is 5.53. The Hall–Kier alpha value is -2.25. The summed E-state index contributed by atoms with van der Waals surface area (Å²) in [6, 6.07) is 8.93. The number of hydrogen-bond donors (Lipinski definition) is 1. The number of benzene rings is 1. The maximum absolute atomic E-state index is 12.5. The molecule has 0 atom stereocenters. The summed E-state index contributed by atoms with van der Waals surface area (Å²) in [7, 11) is -1.76. The minimum atomic E-state index is -3.58. The molecule has 0 saturated heterocycles. The van der Waals surface area contributed by atoms with Gasteiger partial charge in [0.25, 0.3) is 0 Å². The molecule has 3 rings (SSSR count). The fourth-order valence-electron chi connectivity index (χ4n) is 2.57. The topological polar surface area (TPSA) is 76.9 Å². The van der Waals surface area contributed by atoms with Crippen LogP contribution in [0.1, 0.15) is 17.0 Å². The van der Waals surface area contributed by atoms with Crippen molar-refractivity contribution in [3.8, 4) is 0 Å². The minimum Gasteiger partial charge on any atom is -0.315 e. The van der Waals surface area contributed by atoms with Gasteiger partial charge in [0, 0.05) is 13.2 Å². The number of nitrogens with zero attached hydrogens (tertiary/aromatic N) is 3. The molecule has 3 aromatic rings. The molecule has 7 heteroatoms. The molecule has 0 radical (unpaired) electrons. The van der Waals surface area contributed by atoms with Crippen molar-refractivity contribution in [3.63, 3.8) is 0 Å². The van der Waals surface area contributed by atoms with E-state index in [0.29, 0.717) is 10.7 Å². The molecule has 0 unspecified atom stereocenters. The molecule has 0 aliphatic heterocycles. The summed E-state index contributed by atoms with van der Waals surface area (Å²) >= 11 is 0. The number of aryl methyl sites for hydroxylation is 3. The predicted molar refractivity (Wildman–Crippen MR) is 88.5 cm³/mol. The van der Waals surface area contributed by atoms with E-state index in [-0.39, 0.29) is 6.54 Å². The van der Waals surface area contributed by atoms with E-state index in [1.165, 1.54) is 0 Å². The van der Waals surface area contributed by atoms with Gasteiger partial charge in [-0.2, -0.15) is 0 Å². The molecule has 0 saturated carbocycles. The number of pyridine rings is 1. The van der Waals surface area contributed by atoms with Crippen LogP contribution in [0.25, 0.3) is 11.2 Å². The van der Waals surface area contributed by atoms with Gasteiger partial charge in [-0.3, -0.25) is 0 Å². The van der Waals surface area contributed by atoms with E-state index in [2.05, 4.69) is 14.7 Å². The lowest BCUT2D eigenvalue weighted by Gasteiger charge is -2.10. The van der Waals surface area contributed by atoms with Crippen LogP contribution in [0.3, 0.4) is 0 Å². The Morgan fingerprint density at radius 1 is 1.22 bits per heavy atom. The van der Waals surface area contributed by atoms with Crippen LogP contribution in [-0.4, -0.2) is 23.0 Å². The lowest BCUT2D eigenvalue weighted by molar-refractivity contribution is 0.577. The summed E-state index contributed by atoms with van der Waals surface area (Å²) in [5, 5.41) is 0. The Morgan fingerprint density at radius 3 is 2.70 bits per heavy atom. The van der Waals surface area contributed by atoms with Gasteiger partial charge in [-0.05, 0) is 37.6 Å². The van der Waals surface area contributed by atoms with Crippen LogP contribution in [0, 0.1) is 13.8 Å². The summed E-state index contributed by atoms with van der Waals surface area (Å²) in [6.07, 6.45) is 1.69. The first kappa shape index (κ1) is 15.6. The quantitative estimate of drug-likeness (QED) is 0.794. The number of fused-ring (bicyclic) bond motifs is 1. The van der Waals surface area contributed by atoms with Crippen molar-refractivity contribution in [1.29, 1.82) is 0 Å². The predicted octanol–water partition coefficient (Wildman–Crippen LogP) is 2.06. The molecule has 0 spiro atoms. The highest BCUT2D eigenvalue weighted by molar-refractivity contribution is 7.89. The fourth-order valence-corrected chi connectivity index (χ4v) is 3.77. The summed E-state index contributed by atoms with van der Waals surface area (Å²) in [5.41, 5.74) is 3.23. The van der Waals surface area contributed by atoms with Gasteiger partial charge in [0.15, 0.2) is 5.65 Å². The molecule has 0 bridgehead atoms. The molecule has 2 heterocycles. The second-order valence-corrected chi connectivity index (χ2v) is 7.26. The number of sulfonamides is 1. The zero-order valence-corrected chi connectivity index (χ0v) is 14.1. The van der Waals surface area contributed by atoms with Gasteiger partial charge in [-0.15, -0.1) is 0 Å². The van der Waals surface area contributed by atoms with E-state index in [1.54, 1.807) is 35.9 Å². The Morgan fingerprint density at radius 2 is 2.00 bits per heavy atom. The highest BCUT2D eigenvalue weighted by atomic mass is 32.2. The third-order valence-corrected chi connectivity index (χ3v) is 5.32. The standard InChI is InChI=1S/C16H18N4O2S/c1-11-6-7-14(12(2)9-11)23(21,22)18-10-15-19-13-5-4-8-17-16(13)20(15)3/h4-9,18H,10H2,1-3H3. The molecule has 1 aromatic carbocycles. The SMILES string of the molecule is Cc1ccc(S(=O)(=O)NCc2nc3cccnc3n2C)c(C)c1. The Balaban J connectivity index is 1.87. The Labute approximate surface area is 135 Å². The minimum absolute atomic E-state index is 0.114. The maximum Gasteiger partial charge on any atom is 0.241 e. The second kappa shape index (κ2) is 5.75. The smallest absolute Gasteiger partial charge is 0.241 e. The largest absolute Gasteiger partial charge is 0.315 e. The summed E-state index contributed by atoms with van der Waals surface area (Å²) < 4.78 is 29.4. The average Bonchev–Trinajstić information content (AvgIpc) is 2.82. The van der Waals surface area contributed by atoms with Crippen molar-refractivity contribution in [2.45, 2.75) is 25.3 Å². The van der Waals surface area contributed by atoms with Crippen molar-refractivity contribution in [2.24, 2.45) is 7.05 Å². The summed E-state index contributed by atoms with van der Waals surface area (Å²) in [6.45, 7) is 3.84. The van der Waals surface area contributed by atoms with E-state index in [0.717, 1.165) is 22.3 Å². The average molecular weight is 330 g/mol. The van der Waals surface area contributed by atoms with E-state index >= 15 is 0 Å².